The maximum atomic E-state index is 13.5. The molecule has 3 rings (SSSR count). The summed E-state index contributed by atoms with van der Waals surface area (Å²) >= 11 is 0. The maximum absolute atomic E-state index is 13.5. The lowest BCUT2D eigenvalue weighted by Crippen LogP contribution is -2.38. The fourth-order valence-electron chi connectivity index (χ4n) is 3.27. The lowest BCUT2D eigenvalue weighted by Gasteiger charge is -2.26. The van der Waals surface area contributed by atoms with E-state index in [1.807, 2.05) is 26.8 Å². The molecule has 0 saturated heterocycles. The lowest BCUT2D eigenvalue weighted by molar-refractivity contribution is -0.114. The van der Waals surface area contributed by atoms with Crippen LogP contribution in [0.25, 0.3) is 0 Å². The van der Waals surface area contributed by atoms with Crippen molar-refractivity contribution < 1.29 is 13.2 Å². The van der Waals surface area contributed by atoms with E-state index in [-0.39, 0.29) is 17.9 Å². The number of nitriles is 1. The SMILES string of the molecule is Cc1ccc(S(=O)(=O)N(CC(=O)Nc2ccc(CC#N)cc2)c2cccc(C)c2C)cc1. The Balaban J connectivity index is 1.94. The van der Waals surface area contributed by atoms with Crippen LogP contribution in [0.3, 0.4) is 0 Å². The third kappa shape index (κ3) is 5.16. The van der Waals surface area contributed by atoms with Crippen molar-refractivity contribution >= 4 is 27.3 Å². The van der Waals surface area contributed by atoms with E-state index in [0.29, 0.717) is 11.4 Å². The molecule has 0 unspecified atom stereocenters. The first-order chi connectivity index (χ1) is 15.2. The van der Waals surface area contributed by atoms with Crippen LogP contribution >= 0.6 is 0 Å². The molecule has 0 saturated carbocycles. The van der Waals surface area contributed by atoms with Crippen molar-refractivity contribution in [1.29, 1.82) is 5.26 Å². The van der Waals surface area contributed by atoms with Crippen LogP contribution in [0.2, 0.25) is 0 Å². The highest BCUT2D eigenvalue weighted by Gasteiger charge is 2.28. The average Bonchev–Trinajstić information content (AvgIpc) is 2.76. The zero-order valence-electron chi connectivity index (χ0n) is 18.3. The highest BCUT2D eigenvalue weighted by Crippen LogP contribution is 2.28. The smallest absolute Gasteiger partial charge is 0.264 e. The summed E-state index contributed by atoms with van der Waals surface area (Å²) in [6, 6.07) is 20.9. The van der Waals surface area contributed by atoms with Gasteiger partial charge in [0.1, 0.15) is 6.54 Å². The van der Waals surface area contributed by atoms with Crippen molar-refractivity contribution in [2.24, 2.45) is 0 Å². The number of benzene rings is 3. The van der Waals surface area contributed by atoms with E-state index in [1.165, 1.54) is 0 Å². The van der Waals surface area contributed by atoms with Crippen molar-refractivity contribution in [3.63, 3.8) is 0 Å². The first-order valence-electron chi connectivity index (χ1n) is 10.1. The van der Waals surface area contributed by atoms with Crippen LogP contribution in [0.15, 0.2) is 71.6 Å². The van der Waals surface area contributed by atoms with E-state index in [0.717, 1.165) is 26.6 Å². The van der Waals surface area contributed by atoms with Gasteiger partial charge in [-0.1, -0.05) is 42.0 Å². The minimum atomic E-state index is -3.98. The molecule has 0 spiro atoms. The molecule has 3 aromatic rings. The number of hydrogen-bond donors (Lipinski definition) is 1. The molecule has 0 bridgehead atoms. The first kappa shape index (κ1) is 23.0. The van der Waals surface area contributed by atoms with Crippen LogP contribution in [-0.4, -0.2) is 20.9 Å². The van der Waals surface area contributed by atoms with Crippen LogP contribution in [0.5, 0.6) is 0 Å². The second-order valence-electron chi connectivity index (χ2n) is 7.62. The second-order valence-corrected chi connectivity index (χ2v) is 9.49. The Bertz CT molecular complexity index is 1260. The fraction of sp³-hybridized carbons (Fsp3) is 0.200. The molecular weight excluding hydrogens is 422 g/mol. The number of rotatable bonds is 7. The van der Waals surface area contributed by atoms with E-state index in [2.05, 4.69) is 11.4 Å². The zero-order chi connectivity index (χ0) is 23.3. The first-order valence-corrected chi connectivity index (χ1v) is 11.6. The molecule has 164 valence electrons. The summed E-state index contributed by atoms with van der Waals surface area (Å²) in [4.78, 5) is 13.0. The summed E-state index contributed by atoms with van der Waals surface area (Å²) in [7, 11) is -3.98. The minimum absolute atomic E-state index is 0.123. The van der Waals surface area contributed by atoms with Gasteiger partial charge in [-0.05, 0) is 67.8 Å². The van der Waals surface area contributed by atoms with Crippen molar-refractivity contribution in [2.45, 2.75) is 32.1 Å². The number of aryl methyl sites for hydroxylation is 2. The van der Waals surface area contributed by atoms with Crippen LogP contribution in [0, 0.1) is 32.1 Å². The molecule has 0 atom stereocenters. The summed E-state index contributed by atoms with van der Waals surface area (Å²) in [5.41, 5.74) is 4.50. The Morgan fingerprint density at radius 3 is 2.25 bits per heavy atom. The van der Waals surface area contributed by atoms with Gasteiger partial charge >= 0.3 is 0 Å². The number of sulfonamides is 1. The zero-order valence-corrected chi connectivity index (χ0v) is 19.1. The summed E-state index contributed by atoms with van der Waals surface area (Å²) in [5, 5.41) is 11.5. The van der Waals surface area contributed by atoms with Crippen LogP contribution in [0.1, 0.15) is 22.3 Å². The predicted octanol–water partition coefficient (Wildman–Crippen LogP) is 4.51. The minimum Gasteiger partial charge on any atom is -0.325 e. The Morgan fingerprint density at radius 1 is 0.969 bits per heavy atom. The van der Waals surface area contributed by atoms with Crippen molar-refractivity contribution in [3.05, 3.63) is 89.0 Å². The molecular formula is C25H25N3O3S. The lowest BCUT2D eigenvalue weighted by atomic mass is 10.1. The molecule has 0 heterocycles. The topological polar surface area (TPSA) is 90.3 Å². The quantitative estimate of drug-likeness (QED) is 0.577. The van der Waals surface area contributed by atoms with Gasteiger partial charge in [0.2, 0.25) is 5.91 Å². The summed E-state index contributed by atoms with van der Waals surface area (Å²) < 4.78 is 28.2. The Morgan fingerprint density at radius 2 is 1.62 bits per heavy atom. The van der Waals surface area contributed by atoms with Gasteiger partial charge in [-0.25, -0.2) is 8.42 Å². The molecule has 32 heavy (non-hydrogen) atoms. The number of carbonyl (C=O) groups excluding carboxylic acids is 1. The average molecular weight is 448 g/mol. The number of amides is 1. The number of anilines is 2. The van der Waals surface area contributed by atoms with Crippen molar-refractivity contribution in [2.75, 3.05) is 16.2 Å². The predicted molar refractivity (Wildman–Crippen MR) is 126 cm³/mol. The largest absolute Gasteiger partial charge is 0.325 e. The number of carbonyl (C=O) groups is 1. The van der Waals surface area contributed by atoms with Crippen LogP contribution in [0.4, 0.5) is 11.4 Å². The highest BCUT2D eigenvalue weighted by molar-refractivity contribution is 7.92. The monoisotopic (exact) mass is 447 g/mol. The molecule has 0 radical (unpaired) electrons. The van der Waals surface area contributed by atoms with Gasteiger partial charge in [-0.2, -0.15) is 5.26 Å². The molecule has 0 aliphatic rings. The summed E-state index contributed by atoms with van der Waals surface area (Å²) in [6.45, 7) is 5.25. The molecule has 1 amide bonds. The Hall–Kier alpha value is -3.63. The summed E-state index contributed by atoms with van der Waals surface area (Å²) in [5.74, 6) is -0.463. The second kappa shape index (κ2) is 9.67. The Labute approximate surface area is 189 Å². The molecule has 0 aliphatic heterocycles. The third-order valence-corrected chi connectivity index (χ3v) is 7.04. The van der Waals surface area contributed by atoms with Crippen molar-refractivity contribution in [3.8, 4) is 6.07 Å². The number of nitrogens with one attached hydrogen (secondary N) is 1. The molecule has 0 aliphatic carbocycles. The van der Waals surface area contributed by atoms with Crippen LogP contribution in [-0.2, 0) is 21.2 Å². The van der Waals surface area contributed by atoms with Crippen molar-refractivity contribution in [1.82, 2.24) is 0 Å². The molecule has 6 nitrogen and oxygen atoms in total. The molecule has 3 aromatic carbocycles. The molecule has 1 N–H and O–H groups in total. The molecule has 7 heteroatoms. The molecule has 0 fully saturated rings. The van der Waals surface area contributed by atoms with Gasteiger partial charge in [0.05, 0.1) is 23.1 Å². The maximum Gasteiger partial charge on any atom is 0.264 e. The highest BCUT2D eigenvalue weighted by atomic mass is 32.2. The standard InChI is InChI=1S/C25H25N3O3S/c1-18-7-13-23(14-8-18)32(30,31)28(24-6-4-5-19(2)20(24)3)17-25(29)27-22-11-9-21(10-12-22)15-16-26/h4-14H,15,17H2,1-3H3,(H,27,29). The summed E-state index contributed by atoms with van der Waals surface area (Å²) in [6.07, 6.45) is 0.281. The van der Waals surface area contributed by atoms with E-state index >= 15 is 0 Å². The van der Waals surface area contributed by atoms with Gasteiger partial charge < -0.3 is 5.32 Å². The van der Waals surface area contributed by atoms with E-state index in [9.17, 15) is 13.2 Å². The molecule has 0 aromatic heterocycles. The van der Waals surface area contributed by atoms with Gasteiger partial charge in [-0.3, -0.25) is 9.10 Å². The van der Waals surface area contributed by atoms with Gasteiger partial charge in [0.25, 0.3) is 10.0 Å². The van der Waals surface area contributed by atoms with Gasteiger partial charge in [-0.15, -0.1) is 0 Å². The van der Waals surface area contributed by atoms with E-state index in [4.69, 9.17) is 5.26 Å². The third-order valence-electron chi connectivity index (χ3n) is 5.26. The van der Waals surface area contributed by atoms with Gasteiger partial charge in [0.15, 0.2) is 0 Å². The Kier molecular flexibility index (Phi) is 6.96. The van der Waals surface area contributed by atoms with Crippen LogP contribution < -0.4 is 9.62 Å². The normalized spacial score (nSPS) is 10.9. The number of hydrogen-bond acceptors (Lipinski definition) is 4. The van der Waals surface area contributed by atoms with Gasteiger partial charge in [0, 0.05) is 5.69 Å². The van der Waals surface area contributed by atoms with E-state index in [1.54, 1.807) is 60.7 Å². The number of nitrogens with zero attached hydrogens (tertiary/aromatic N) is 2. The fourth-order valence-corrected chi connectivity index (χ4v) is 4.75. The van der Waals surface area contributed by atoms with E-state index < -0.39 is 15.9 Å².